The van der Waals surface area contributed by atoms with Gasteiger partial charge >= 0.3 is 0 Å². The Morgan fingerprint density at radius 3 is 2.44 bits per heavy atom. The summed E-state index contributed by atoms with van der Waals surface area (Å²) in [5, 5.41) is 24.4. The summed E-state index contributed by atoms with van der Waals surface area (Å²) in [5.41, 5.74) is 2.85. The molecular weight excluding hydrogens is 450 g/mol. The van der Waals surface area contributed by atoms with Crippen LogP contribution in [0.15, 0.2) is 54.2 Å². The van der Waals surface area contributed by atoms with Crippen LogP contribution in [0.25, 0.3) is 16.4 Å². The molecule has 2 N–H and O–H groups in total. The second-order valence-electron chi connectivity index (χ2n) is 8.41. The van der Waals surface area contributed by atoms with E-state index in [1.807, 2.05) is 17.5 Å². The highest BCUT2D eigenvalue weighted by molar-refractivity contribution is 7.12. The summed E-state index contributed by atoms with van der Waals surface area (Å²) in [7, 11) is 1.57. The topological polar surface area (TPSA) is 97.5 Å². The summed E-state index contributed by atoms with van der Waals surface area (Å²) in [6.45, 7) is 0. The number of ether oxygens (including phenoxy) is 1. The Morgan fingerprint density at radius 1 is 1.06 bits per heavy atom. The van der Waals surface area contributed by atoms with Crippen molar-refractivity contribution in [1.82, 2.24) is 14.5 Å². The number of aromatic hydroxyl groups is 2. The Morgan fingerprint density at radius 2 is 1.76 bits per heavy atom. The van der Waals surface area contributed by atoms with Gasteiger partial charge in [-0.3, -0.25) is 14.3 Å². The lowest BCUT2D eigenvalue weighted by atomic mass is 9.84. The maximum Gasteiger partial charge on any atom is 0.242 e. The zero-order valence-electron chi connectivity index (χ0n) is 18.8. The number of ketones is 1. The SMILES string of the molecule is COc1ccc(C(=O)c2c(O)c(O)n(-c3nc(-c4ccncc4)cs3)c2C2CCCCC2)cc1. The maximum atomic E-state index is 13.6. The molecule has 5 rings (SSSR count). The smallest absolute Gasteiger partial charge is 0.242 e. The third kappa shape index (κ3) is 3.94. The fraction of sp³-hybridized carbons (Fsp3) is 0.269. The predicted molar refractivity (Wildman–Crippen MR) is 130 cm³/mol. The van der Waals surface area contributed by atoms with Gasteiger partial charge in [0.05, 0.1) is 18.4 Å². The first-order valence-electron chi connectivity index (χ1n) is 11.3. The number of nitrogens with zero attached hydrogens (tertiary/aromatic N) is 3. The van der Waals surface area contributed by atoms with E-state index in [2.05, 4.69) is 4.98 Å². The van der Waals surface area contributed by atoms with Crippen LogP contribution in [0, 0.1) is 0 Å². The molecule has 0 radical (unpaired) electrons. The van der Waals surface area contributed by atoms with E-state index >= 15 is 0 Å². The largest absolute Gasteiger partial charge is 0.503 e. The van der Waals surface area contributed by atoms with E-state index in [4.69, 9.17) is 9.72 Å². The molecule has 4 aromatic rings. The van der Waals surface area contributed by atoms with Gasteiger partial charge in [0.2, 0.25) is 5.88 Å². The fourth-order valence-electron chi connectivity index (χ4n) is 4.65. The van der Waals surface area contributed by atoms with Crippen molar-refractivity contribution < 1.29 is 19.7 Å². The van der Waals surface area contributed by atoms with Crippen molar-refractivity contribution in [1.29, 1.82) is 0 Å². The number of pyridine rings is 1. The van der Waals surface area contributed by atoms with Crippen LogP contribution in [0.5, 0.6) is 17.4 Å². The molecule has 1 aliphatic carbocycles. The van der Waals surface area contributed by atoms with Crippen LogP contribution in [0.3, 0.4) is 0 Å². The maximum absolute atomic E-state index is 13.6. The minimum Gasteiger partial charge on any atom is -0.503 e. The number of thiazole rings is 1. The first-order chi connectivity index (χ1) is 16.6. The fourth-order valence-corrected chi connectivity index (χ4v) is 5.50. The minimum absolute atomic E-state index is 0.0334. The standard InChI is InChI=1S/C26H25N3O4S/c1-33-19-9-7-18(8-10-19)23(30)21-22(17-5-3-2-4-6-17)29(25(32)24(21)31)26-28-20(15-34-26)16-11-13-27-14-12-16/h7-15,17,31-32H,2-6H2,1H3. The highest BCUT2D eigenvalue weighted by Gasteiger charge is 2.34. The second kappa shape index (κ2) is 9.30. The number of hydrogen-bond donors (Lipinski definition) is 2. The molecule has 3 heterocycles. The van der Waals surface area contributed by atoms with Gasteiger partial charge in [0, 0.05) is 40.5 Å². The highest BCUT2D eigenvalue weighted by atomic mass is 32.1. The lowest BCUT2D eigenvalue weighted by molar-refractivity contribution is 0.103. The van der Waals surface area contributed by atoms with E-state index in [-0.39, 0.29) is 23.1 Å². The molecule has 7 nitrogen and oxygen atoms in total. The lowest BCUT2D eigenvalue weighted by Crippen LogP contribution is -2.14. The van der Waals surface area contributed by atoms with E-state index < -0.39 is 5.75 Å². The summed E-state index contributed by atoms with van der Waals surface area (Å²) < 4.78 is 6.77. The minimum atomic E-state index is -0.401. The Balaban J connectivity index is 1.65. The first-order valence-corrected chi connectivity index (χ1v) is 12.2. The molecule has 0 amide bonds. The van der Waals surface area contributed by atoms with Crippen LogP contribution in [0.4, 0.5) is 0 Å². The van der Waals surface area contributed by atoms with Crippen molar-refractivity contribution in [2.24, 2.45) is 0 Å². The molecular formula is C26H25N3O4S. The number of carbonyl (C=O) groups excluding carboxylic acids is 1. The third-order valence-corrected chi connectivity index (χ3v) is 7.21. The summed E-state index contributed by atoms with van der Waals surface area (Å²) >= 11 is 1.36. The van der Waals surface area contributed by atoms with Crippen LogP contribution in [-0.2, 0) is 0 Å². The first kappa shape index (κ1) is 22.2. The van der Waals surface area contributed by atoms with Gasteiger partial charge in [0.1, 0.15) is 5.75 Å². The normalized spacial score (nSPS) is 14.3. The Bertz CT molecular complexity index is 1310. The highest BCUT2D eigenvalue weighted by Crippen LogP contribution is 2.46. The molecule has 8 heteroatoms. The van der Waals surface area contributed by atoms with Gasteiger partial charge in [-0.25, -0.2) is 4.98 Å². The van der Waals surface area contributed by atoms with E-state index in [0.717, 1.165) is 43.4 Å². The van der Waals surface area contributed by atoms with Crippen LogP contribution in [0.1, 0.15) is 59.6 Å². The molecule has 1 aliphatic rings. The molecule has 1 fully saturated rings. The second-order valence-corrected chi connectivity index (χ2v) is 9.25. The number of hydrogen-bond acceptors (Lipinski definition) is 7. The molecule has 174 valence electrons. The summed E-state index contributed by atoms with van der Waals surface area (Å²) in [6, 6.07) is 10.5. The third-order valence-electron chi connectivity index (χ3n) is 6.39. The quantitative estimate of drug-likeness (QED) is 0.348. The van der Waals surface area contributed by atoms with Crippen LogP contribution in [-0.4, -0.2) is 37.6 Å². The van der Waals surface area contributed by atoms with E-state index in [0.29, 0.717) is 22.1 Å². The van der Waals surface area contributed by atoms with Gasteiger partial charge in [-0.15, -0.1) is 11.3 Å². The van der Waals surface area contributed by atoms with Gasteiger partial charge in [-0.1, -0.05) is 19.3 Å². The van der Waals surface area contributed by atoms with Crippen molar-refractivity contribution in [2.45, 2.75) is 38.0 Å². The molecule has 0 unspecified atom stereocenters. The molecule has 0 bridgehead atoms. The van der Waals surface area contributed by atoms with Crippen molar-refractivity contribution >= 4 is 17.1 Å². The van der Waals surface area contributed by atoms with Gasteiger partial charge in [0.25, 0.3) is 0 Å². The molecule has 0 aliphatic heterocycles. The predicted octanol–water partition coefficient (Wildman–Crippen LogP) is 5.69. The average Bonchev–Trinajstić information content (AvgIpc) is 3.48. The molecule has 3 aromatic heterocycles. The Kier molecular flexibility index (Phi) is 6.06. The number of benzene rings is 1. The zero-order chi connectivity index (χ0) is 23.7. The van der Waals surface area contributed by atoms with E-state index in [1.54, 1.807) is 48.3 Å². The molecule has 34 heavy (non-hydrogen) atoms. The van der Waals surface area contributed by atoms with Gasteiger partial charge in [0.15, 0.2) is 16.7 Å². The summed E-state index contributed by atoms with van der Waals surface area (Å²) in [5.74, 6) is -0.415. The van der Waals surface area contributed by atoms with Crippen molar-refractivity contribution in [2.75, 3.05) is 7.11 Å². The van der Waals surface area contributed by atoms with Gasteiger partial charge in [-0.2, -0.15) is 0 Å². The average molecular weight is 476 g/mol. The number of aromatic nitrogens is 3. The lowest BCUT2D eigenvalue weighted by Gasteiger charge is -2.24. The number of carbonyl (C=O) groups is 1. The van der Waals surface area contributed by atoms with E-state index in [9.17, 15) is 15.0 Å². The Labute approximate surface area is 201 Å². The van der Waals surface area contributed by atoms with Crippen LogP contribution in [0.2, 0.25) is 0 Å². The number of methoxy groups -OCH3 is 1. The Hall–Kier alpha value is -3.65. The summed E-state index contributed by atoms with van der Waals surface area (Å²) in [4.78, 5) is 22.4. The molecule has 1 saturated carbocycles. The van der Waals surface area contributed by atoms with Crippen molar-refractivity contribution in [3.05, 3.63) is 71.0 Å². The molecule has 1 aromatic carbocycles. The zero-order valence-corrected chi connectivity index (χ0v) is 19.6. The van der Waals surface area contributed by atoms with Gasteiger partial charge < -0.3 is 14.9 Å². The van der Waals surface area contributed by atoms with Crippen LogP contribution >= 0.6 is 11.3 Å². The number of rotatable bonds is 6. The van der Waals surface area contributed by atoms with Crippen molar-refractivity contribution in [3.63, 3.8) is 0 Å². The van der Waals surface area contributed by atoms with Crippen LogP contribution < -0.4 is 4.74 Å². The van der Waals surface area contributed by atoms with Gasteiger partial charge in [-0.05, 0) is 49.2 Å². The molecule has 0 saturated heterocycles. The molecule has 0 atom stereocenters. The monoisotopic (exact) mass is 475 g/mol. The summed E-state index contributed by atoms with van der Waals surface area (Å²) in [6.07, 6.45) is 8.38. The van der Waals surface area contributed by atoms with Crippen molar-refractivity contribution in [3.8, 4) is 33.8 Å². The van der Waals surface area contributed by atoms with E-state index in [1.165, 1.54) is 11.3 Å². The molecule has 0 spiro atoms.